The van der Waals surface area contributed by atoms with E-state index in [4.69, 9.17) is 11.6 Å². The van der Waals surface area contributed by atoms with Crippen LogP contribution in [-0.4, -0.2) is 17.2 Å². The zero-order valence-electron chi connectivity index (χ0n) is 6.87. The lowest BCUT2D eigenvalue weighted by atomic mass is 9.78. The van der Waals surface area contributed by atoms with Crippen molar-refractivity contribution in [2.75, 3.05) is 0 Å². The molecule has 0 amide bonds. The Morgan fingerprint density at radius 3 is 2.79 bits per heavy atom. The molecule has 0 aliphatic heterocycles. The Kier molecular flexibility index (Phi) is 3.04. The van der Waals surface area contributed by atoms with E-state index in [-0.39, 0.29) is 0 Å². The van der Waals surface area contributed by atoms with Crippen LogP contribution in [-0.2, 0) is 0 Å². The van der Waals surface area contributed by atoms with Gasteiger partial charge in [-0.1, -0.05) is 11.6 Å². The molecule has 0 fully saturated rings. The molecule has 0 unspecified atom stereocenters. The molecule has 14 heavy (non-hydrogen) atoms. The van der Waals surface area contributed by atoms with Gasteiger partial charge < -0.3 is 10.0 Å². The number of fused-ring (bicyclic) bond motifs is 1. The van der Waals surface area contributed by atoms with E-state index in [1.54, 1.807) is 0 Å². The quantitative estimate of drug-likeness (QED) is 0.615. The predicted molar refractivity (Wildman–Crippen MR) is 69.4 cm³/mol. The summed E-state index contributed by atoms with van der Waals surface area (Å²) >= 11 is 9.52. The van der Waals surface area contributed by atoms with E-state index in [2.05, 4.69) is 0 Å². The third-order valence-corrected chi connectivity index (χ3v) is 4.59. The maximum absolute atomic E-state index is 9.24. The highest BCUT2D eigenvalue weighted by Crippen LogP contribution is 2.27. The zero-order chi connectivity index (χ0) is 10.3. The Labute approximate surface area is 104 Å². The fourth-order valence-electron chi connectivity index (χ4n) is 1.33. The van der Waals surface area contributed by atoms with Crippen molar-refractivity contribution in [3.05, 3.63) is 26.1 Å². The third-order valence-electron chi connectivity index (χ3n) is 1.95. The third kappa shape index (κ3) is 1.67. The van der Waals surface area contributed by atoms with Crippen LogP contribution in [0.1, 0.15) is 0 Å². The van der Waals surface area contributed by atoms with E-state index < -0.39 is 7.12 Å². The molecule has 2 rings (SSSR count). The van der Waals surface area contributed by atoms with Crippen LogP contribution in [0.4, 0.5) is 0 Å². The summed E-state index contributed by atoms with van der Waals surface area (Å²) in [6.07, 6.45) is 0. The van der Waals surface area contributed by atoms with Crippen LogP contribution in [0, 0.1) is 3.57 Å². The smallest absolute Gasteiger partial charge is 0.423 e. The van der Waals surface area contributed by atoms with Gasteiger partial charge in [-0.3, -0.25) is 0 Å². The molecule has 0 atom stereocenters. The van der Waals surface area contributed by atoms with Gasteiger partial charge in [-0.05, 0) is 45.5 Å². The fourth-order valence-corrected chi connectivity index (χ4v) is 3.18. The molecule has 1 aromatic carbocycles. The molecule has 0 spiro atoms. The second-order valence-electron chi connectivity index (χ2n) is 2.79. The standard InChI is InChI=1S/C8H5BClIO2S/c10-5-3-6-4(1-2-14-6)7(8(5)11)9(12)13/h1-3,12-13H. The number of hydrogen-bond acceptors (Lipinski definition) is 3. The minimum atomic E-state index is -1.47. The summed E-state index contributed by atoms with van der Waals surface area (Å²) in [7, 11) is -1.47. The minimum absolute atomic E-state index is 0.495. The average Bonchev–Trinajstić information content (AvgIpc) is 2.52. The van der Waals surface area contributed by atoms with Gasteiger partial charge in [0.2, 0.25) is 0 Å². The van der Waals surface area contributed by atoms with E-state index in [9.17, 15) is 10.0 Å². The van der Waals surface area contributed by atoms with Crippen molar-refractivity contribution in [2.24, 2.45) is 0 Å². The molecular formula is C8H5BClIO2S. The molecule has 1 heterocycles. The van der Waals surface area contributed by atoms with Crippen molar-refractivity contribution in [1.29, 1.82) is 0 Å². The Balaban J connectivity index is 2.86. The summed E-state index contributed by atoms with van der Waals surface area (Å²) < 4.78 is 1.67. The first-order chi connectivity index (χ1) is 6.61. The topological polar surface area (TPSA) is 40.5 Å². The van der Waals surface area contributed by atoms with Crippen molar-refractivity contribution >= 4 is 68.2 Å². The molecule has 2 N–H and O–H groups in total. The van der Waals surface area contributed by atoms with Gasteiger partial charge in [-0.15, -0.1) is 11.3 Å². The highest BCUT2D eigenvalue weighted by atomic mass is 127. The average molecular weight is 338 g/mol. The van der Waals surface area contributed by atoms with Gasteiger partial charge in [0.1, 0.15) is 0 Å². The maximum Gasteiger partial charge on any atom is 0.490 e. The Morgan fingerprint density at radius 2 is 2.14 bits per heavy atom. The summed E-state index contributed by atoms with van der Waals surface area (Å²) in [6.45, 7) is 0. The van der Waals surface area contributed by atoms with Gasteiger partial charge in [0.25, 0.3) is 0 Å². The summed E-state index contributed by atoms with van der Waals surface area (Å²) in [5.74, 6) is 0. The van der Waals surface area contributed by atoms with Crippen LogP contribution in [0.5, 0.6) is 0 Å². The summed E-state index contributed by atoms with van der Waals surface area (Å²) in [5, 5.41) is 21.8. The number of halogens is 2. The molecule has 0 saturated heterocycles. The van der Waals surface area contributed by atoms with Crippen LogP contribution in [0.25, 0.3) is 10.1 Å². The number of benzene rings is 1. The van der Waals surface area contributed by atoms with Gasteiger partial charge in [0.15, 0.2) is 0 Å². The fraction of sp³-hybridized carbons (Fsp3) is 0. The van der Waals surface area contributed by atoms with Crippen LogP contribution in [0.3, 0.4) is 0 Å². The van der Waals surface area contributed by atoms with Gasteiger partial charge in [-0.2, -0.15) is 0 Å². The summed E-state index contributed by atoms with van der Waals surface area (Å²) in [4.78, 5) is 0. The lowest BCUT2D eigenvalue weighted by molar-refractivity contribution is 0.426. The molecule has 0 aliphatic carbocycles. The Hall–Kier alpha value is 0.185. The lowest BCUT2D eigenvalue weighted by Gasteiger charge is -2.06. The molecule has 2 nitrogen and oxygen atoms in total. The molecule has 0 saturated carbocycles. The van der Waals surface area contributed by atoms with Crippen LogP contribution >= 0.6 is 45.5 Å². The van der Waals surface area contributed by atoms with E-state index in [0.717, 1.165) is 10.1 Å². The molecule has 6 heteroatoms. The van der Waals surface area contributed by atoms with E-state index in [1.807, 2.05) is 40.1 Å². The first-order valence-corrected chi connectivity index (χ1v) is 6.16. The van der Waals surface area contributed by atoms with Crippen molar-refractivity contribution < 1.29 is 10.0 Å². The summed E-state index contributed by atoms with van der Waals surface area (Å²) in [5.41, 5.74) is 0.495. The van der Waals surface area contributed by atoms with Crippen molar-refractivity contribution in [3.63, 3.8) is 0 Å². The van der Waals surface area contributed by atoms with Crippen LogP contribution in [0.2, 0.25) is 5.02 Å². The molecule has 0 aliphatic rings. The van der Waals surface area contributed by atoms with Crippen molar-refractivity contribution in [3.8, 4) is 0 Å². The van der Waals surface area contributed by atoms with Gasteiger partial charge >= 0.3 is 7.12 Å². The second kappa shape index (κ2) is 3.98. The van der Waals surface area contributed by atoms with Gasteiger partial charge in [-0.25, -0.2) is 0 Å². The largest absolute Gasteiger partial charge is 0.490 e. The first-order valence-electron chi connectivity index (χ1n) is 3.82. The van der Waals surface area contributed by atoms with Crippen molar-refractivity contribution in [1.82, 2.24) is 0 Å². The maximum atomic E-state index is 9.24. The molecule has 1 aromatic heterocycles. The van der Waals surface area contributed by atoms with Crippen LogP contribution < -0.4 is 5.46 Å². The van der Waals surface area contributed by atoms with Gasteiger partial charge in [0, 0.05) is 13.7 Å². The highest BCUT2D eigenvalue weighted by molar-refractivity contribution is 14.1. The highest BCUT2D eigenvalue weighted by Gasteiger charge is 2.21. The molecule has 2 aromatic rings. The van der Waals surface area contributed by atoms with Crippen molar-refractivity contribution in [2.45, 2.75) is 0 Å². The lowest BCUT2D eigenvalue weighted by Crippen LogP contribution is -2.33. The monoisotopic (exact) mass is 338 g/mol. The van der Waals surface area contributed by atoms with E-state index in [0.29, 0.717) is 14.1 Å². The van der Waals surface area contributed by atoms with Crippen LogP contribution in [0.15, 0.2) is 17.5 Å². The molecule has 0 bridgehead atoms. The molecule has 72 valence electrons. The molecule has 0 radical (unpaired) electrons. The van der Waals surface area contributed by atoms with Gasteiger partial charge in [0.05, 0.1) is 5.02 Å². The molecular weight excluding hydrogens is 333 g/mol. The second-order valence-corrected chi connectivity index (χ2v) is 5.23. The number of rotatable bonds is 1. The Morgan fingerprint density at radius 1 is 1.43 bits per heavy atom. The van der Waals surface area contributed by atoms with E-state index >= 15 is 0 Å². The number of thiophene rings is 1. The minimum Gasteiger partial charge on any atom is -0.423 e. The Bertz CT molecular complexity index is 485. The predicted octanol–water partition coefficient (Wildman–Crippen LogP) is 1.84. The summed E-state index contributed by atoms with van der Waals surface area (Å²) in [6, 6.07) is 3.71. The van der Waals surface area contributed by atoms with E-state index in [1.165, 1.54) is 11.3 Å². The number of hydrogen-bond donors (Lipinski definition) is 2. The SMILES string of the molecule is OB(O)c1c(I)c(Cl)cc2sccc12. The normalized spacial score (nSPS) is 10.9. The first kappa shape index (κ1) is 10.7. The zero-order valence-corrected chi connectivity index (χ0v) is 10.6.